The van der Waals surface area contributed by atoms with E-state index in [4.69, 9.17) is 16.3 Å². The van der Waals surface area contributed by atoms with Crippen molar-refractivity contribution < 1.29 is 23.5 Å². The Morgan fingerprint density at radius 2 is 2.00 bits per heavy atom. The molecule has 2 aliphatic rings. The van der Waals surface area contributed by atoms with Crippen LogP contribution < -0.4 is 0 Å². The largest absolute Gasteiger partial charge is 0.439 e. The van der Waals surface area contributed by atoms with Gasteiger partial charge in [0.1, 0.15) is 5.82 Å². The molecule has 2 fully saturated rings. The third-order valence-corrected chi connectivity index (χ3v) is 4.87. The lowest BCUT2D eigenvalue weighted by atomic mass is 10.0. The summed E-state index contributed by atoms with van der Waals surface area (Å²) in [4.78, 5) is 38.5. The van der Waals surface area contributed by atoms with Crippen LogP contribution in [0.3, 0.4) is 0 Å². The standard InChI is InChI=1S/C17H18ClFN2O4/c18-13-9-11(1-3-14(13)19)2-4-15(22)20-7-5-12(6-8-20)21-16(23)10-25-17(21)24/h1,3,9,12H,2,4-8,10H2. The van der Waals surface area contributed by atoms with Crippen molar-refractivity contribution in [3.63, 3.8) is 0 Å². The van der Waals surface area contributed by atoms with Gasteiger partial charge >= 0.3 is 6.09 Å². The van der Waals surface area contributed by atoms with Crippen molar-refractivity contribution in [2.75, 3.05) is 19.7 Å². The molecule has 2 aliphatic heterocycles. The van der Waals surface area contributed by atoms with Crippen molar-refractivity contribution in [2.24, 2.45) is 0 Å². The van der Waals surface area contributed by atoms with E-state index in [9.17, 15) is 18.8 Å². The van der Waals surface area contributed by atoms with Crippen LogP contribution in [-0.4, -0.2) is 53.4 Å². The monoisotopic (exact) mass is 368 g/mol. The van der Waals surface area contributed by atoms with Gasteiger partial charge in [-0.05, 0) is 37.0 Å². The Morgan fingerprint density at radius 3 is 2.60 bits per heavy atom. The van der Waals surface area contributed by atoms with Crippen molar-refractivity contribution in [1.29, 1.82) is 0 Å². The van der Waals surface area contributed by atoms with Crippen LogP contribution in [0.4, 0.5) is 9.18 Å². The lowest BCUT2D eigenvalue weighted by Crippen LogP contribution is -2.48. The number of aryl methyl sites for hydroxylation is 1. The van der Waals surface area contributed by atoms with Crippen molar-refractivity contribution >= 4 is 29.5 Å². The smallest absolute Gasteiger partial charge is 0.417 e. The highest BCUT2D eigenvalue weighted by molar-refractivity contribution is 6.30. The second-order valence-corrected chi connectivity index (χ2v) is 6.59. The van der Waals surface area contributed by atoms with Crippen molar-refractivity contribution in [1.82, 2.24) is 9.80 Å². The molecule has 0 N–H and O–H groups in total. The Labute approximate surface area is 149 Å². The summed E-state index contributed by atoms with van der Waals surface area (Å²) >= 11 is 5.74. The number of nitrogens with zero attached hydrogens (tertiary/aromatic N) is 2. The summed E-state index contributed by atoms with van der Waals surface area (Å²) in [6.07, 6.45) is 1.29. The molecule has 0 radical (unpaired) electrons. The van der Waals surface area contributed by atoms with Crippen molar-refractivity contribution in [3.05, 3.63) is 34.6 Å². The van der Waals surface area contributed by atoms with Gasteiger partial charge in [0, 0.05) is 25.6 Å². The van der Waals surface area contributed by atoms with Gasteiger partial charge in [-0.3, -0.25) is 9.59 Å². The molecule has 2 heterocycles. The van der Waals surface area contributed by atoms with Gasteiger partial charge in [-0.2, -0.15) is 0 Å². The summed E-state index contributed by atoms with van der Waals surface area (Å²) in [6, 6.07) is 4.23. The number of benzene rings is 1. The first-order valence-electron chi connectivity index (χ1n) is 8.16. The number of cyclic esters (lactones) is 1. The maximum Gasteiger partial charge on any atom is 0.417 e. The van der Waals surface area contributed by atoms with Gasteiger partial charge in [0.15, 0.2) is 6.61 Å². The van der Waals surface area contributed by atoms with Crippen LogP contribution >= 0.6 is 11.6 Å². The number of amides is 3. The molecule has 0 spiro atoms. The van der Waals surface area contributed by atoms with E-state index in [2.05, 4.69) is 0 Å². The van der Waals surface area contributed by atoms with Crippen molar-refractivity contribution in [3.8, 4) is 0 Å². The molecule has 0 saturated carbocycles. The Bertz CT molecular complexity index is 688. The molecule has 1 aromatic carbocycles. The molecule has 0 atom stereocenters. The van der Waals surface area contributed by atoms with Crippen LogP contribution in [0.5, 0.6) is 0 Å². The minimum absolute atomic E-state index is 0.00535. The molecule has 0 aliphatic carbocycles. The number of halogens is 2. The highest BCUT2D eigenvalue weighted by Crippen LogP contribution is 2.22. The van der Waals surface area contributed by atoms with E-state index < -0.39 is 11.9 Å². The van der Waals surface area contributed by atoms with Crippen LogP contribution in [0.25, 0.3) is 0 Å². The normalized spacial score (nSPS) is 18.6. The summed E-state index contributed by atoms with van der Waals surface area (Å²) in [5.74, 6) is -0.800. The van der Waals surface area contributed by atoms with E-state index in [0.29, 0.717) is 38.8 Å². The van der Waals surface area contributed by atoms with Crippen LogP contribution in [0.2, 0.25) is 5.02 Å². The number of rotatable bonds is 4. The van der Waals surface area contributed by atoms with E-state index >= 15 is 0 Å². The molecule has 0 unspecified atom stereocenters. The van der Waals surface area contributed by atoms with Crippen LogP contribution in [0.1, 0.15) is 24.8 Å². The number of hydrogen-bond acceptors (Lipinski definition) is 4. The highest BCUT2D eigenvalue weighted by Gasteiger charge is 2.38. The van der Waals surface area contributed by atoms with E-state index in [1.807, 2.05) is 0 Å². The molecular weight excluding hydrogens is 351 g/mol. The predicted molar refractivity (Wildman–Crippen MR) is 87.5 cm³/mol. The fourth-order valence-corrected chi connectivity index (χ4v) is 3.40. The first-order chi connectivity index (χ1) is 12.0. The number of likely N-dealkylation sites (tertiary alicyclic amines) is 1. The van der Waals surface area contributed by atoms with E-state index in [-0.39, 0.29) is 29.5 Å². The molecule has 134 valence electrons. The molecular formula is C17H18ClFN2O4. The summed E-state index contributed by atoms with van der Waals surface area (Å²) in [7, 11) is 0. The Kier molecular flexibility index (Phi) is 5.22. The predicted octanol–water partition coefficient (Wildman–Crippen LogP) is 2.38. The zero-order chi connectivity index (χ0) is 18.0. The molecule has 1 aromatic rings. The molecule has 8 heteroatoms. The number of carbonyl (C=O) groups excluding carboxylic acids is 3. The van der Waals surface area contributed by atoms with Gasteiger partial charge in [-0.25, -0.2) is 14.1 Å². The number of piperidine rings is 1. The Hall–Kier alpha value is -2.15. The van der Waals surface area contributed by atoms with E-state index in [0.717, 1.165) is 5.56 Å². The number of ether oxygens (including phenoxy) is 1. The fraction of sp³-hybridized carbons (Fsp3) is 0.471. The van der Waals surface area contributed by atoms with Crippen molar-refractivity contribution in [2.45, 2.75) is 31.7 Å². The Balaban J connectivity index is 1.49. The minimum Gasteiger partial charge on any atom is -0.439 e. The van der Waals surface area contributed by atoms with Gasteiger partial charge in [0.05, 0.1) is 5.02 Å². The van der Waals surface area contributed by atoms with Crippen LogP contribution in [0.15, 0.2) is 18.2 Å². The Morgan fingerprint density at radius 1 is 1.28 bits per heavy atom. The highest BCUT2D eigenvalue weighted by atomic mass is 35.5. The first-order valence-corrected chi connectivity index (χ1v) is 8.54. The van der Waals surface area contributed by atoms with Gasteiger partial charge in [0.25, 0.3) is 5.91 Å². The summed E-state index contributed by atoms with van der Waals surface area (Å²) in [6.45, 7) is 0.785. The lowest BCUT2D eigenvalue weighted by molar-refractivity contribution is -0.133. The quantitative estimate of drug-likeness (QED) is 0.818. The molecule has 3 amide bonds. The average Bonchev–Trinajstić information content (AvgIpc) is 2.94. The lowest BCUT2D eigenvalue weighted by Gasteiger charge is -2.34. The van der Waals surface area contributed by atoms with E-state index in [1.54, 1.807) is 11.0 Å². The third-order valence-electron chi connectivity index (χ3n) is 4.58. The minimum atomic E-state index is -0.594. The third kappa shape index (κ3) is 3.92. The maximum absolute atomic E-state index is 13.1. The second-order valence-electron chi connectivity index (χ2n) is 6.18. The average molecular weight is 369 g/mol. The zero-order valence-corrected chi connectivity index (χ0v) is 14.3. The molecule has 3 rings (SSSR count). The molecule has 2 saturated heterocycles. The molecule has 6 nitrogen and oxygen atoms in total. The molecule has 0 bridgehead atoms. The molecule has 25 heavy (non-hydrogen) atoms. The summed E-state index contributed by atoms with van der Waals surface area (Å²) in [5.41, 5.74) is 0.806. The van der Waals surface area contributed by atoms with Gasteiger partial charge in [0.2, 0.25) is 5.91 Å². The molecule has 0 aromatic heterocycles. The number of carbonyl (C=O) groups is 3. The topological polar surface area (TPSA) is 66.9 Å². The van der Waals surface area contributed by atoms with Gasteiger partial charge in [-0.15, -0.1) is 0 Å². The fourth-order valence-electron chi connectivity index (χ4n) is 3.20. The number of imide groups is 1. The van der Waals surface area contributed by atoms with Crippen LogP contribution in [-0.2, 0) is 20.7 Å². The number of hydrogen-bond donors (Lipinski definition) is 0. The van der Waals surface area contributed by atoms with Gasteiger partial charge < -0.3 is 9.64 Å². The van der Waals surface area contributed by atoms with E-state index in [1.165, 1.54) is 17.0 Å². The summed E-state index contributed by atoms with van der Waals surface area (Å²) < 4.78 is 17.9. The second kappa shape index (κ2) is 7.39. The maximum atomic E-state index is 13.1. The van der Waals surface area contributed by atoms with Crippen LogP contribution in [0, 0.1) is 5.82 Å². The first kappa shape index (κ1) is 17.7. The SMILES string of the molecule is O=C(CCc1ccc(F)c(Cl)c1)N1CCC(N2C(=O)COC2=O)CC1. The summed E-state index contributed by atoms with van der Waals surface area (Å²) in [5, 5.41) is 0.0490. The van der Waals surface area contributed by atoms with Gasteiger partial charge in [-0.1, -0.05) is 17.7 Å². The zero-order valence-electron chi connectivity index (χ0n) is 13.5.